The van der Waals surface area contributed by atoms with E-state index < -0.39 is 0 Å². The molecule has 0 amide bonds. The van der Waals surface area contributed by atoms with E-state index in [9.17, 15) is 0 Å². The van der Waals surface area contributed by atoms with E-state index in [1.807, 2.05) is 13.0 Å². The Kier molecular flexibility index (Phi) is 5.49. The second-order valence-corrected chi connectivity index (χ2v) is 3.90. The molecule has 0 aliphatic rings. The van der Waals surface area contributed by atoms with Gasteiger partial charge in [-0.05, 0) is 43.0 Å². The van der Waals surface area contributed by atoms with Gasteiger partial charge in [0.1, 0.15) is 12.4 Å². The molecule has 0 aliphatic carbocycles. The summed E-state index contributed by atoms with van der Waals surface area (Å²) in [5.41, 5.74) is 3.53. The van der Waals surface area contributed by atoms with Crippen molar-refractivity contribution in [2.24, 2.45) is 5.16 Å². The van der Waals surface area contributed by atoms with Gasteiger partial charge >= 0.3 is 0 Å². The van der Waals surface area contributed by atoms with Crippen molar-refractivity contribution in [2.75, 3.05) is 20.3 Å². The van der Waals surface area contributed by atoms with Crippen molar-refractivity contribution in [3.05, 3.63) is 28.8 Å². The highest BCUT2D eigenvalue weighted by Crippen LogP contribution is 2.23. The summed E-state index contributed by atoms with van der Waals surface area (Å²) in [4.78, 5) is 0. The molecule has 4 heteroatoms. The summed E-state index contributed by atoms with van der Waals surface area (Å²) in [5.74, 6) is 0.823. The van der Waals surface area contributed by atoms with E-state index in [0.29, 0.717) is 0 Å². The number of hydrogen-bond acceptors (Lipinski definition) is 4. The number of aryl methyl sites for hydroxylation is 2. The molecular formula is C13H19NO3. The maximum atomic E-state index is 8.28. The molecule has 4 nitrogen and oxygen atoms in total. The second kappa shape index (κ2) is 6.91. The molecule has 1 aromatic rings. The quantitative estimate of drug-likeness (QED) is 0.469. The van der Waals surface area contributed by atoms with E-state index in [0.717, 1.165) is 24.3 Å². The van der Waals surface area contributed by atoms with Crippen LogP contribution in [0, 0.1) is 13.8 Å². The van der Waals surface area contributed by atoms with Gasteiger partial charge in [0.05, 0.1) is 12.8 Å². The highest BCUT2D eigenvalue weighted by Gasteiger charge is 2.05. The van der Waals surface area contributed by atoms with Crippen LogP contribution in [0.4, 0.5) is 0 Å². The lowest BCUT2D eigenvalue weighted by Crippen LogP contribution is -2.03. The Morgan fingerprint density at radius 2 is 2.06 bits per heavy atom. The Balaban J connectivity index is 2.77. The summed E-state index contributed by atoms with van der Waals surface area (Å²) in [6.45, 7) is 5.05. The average molecular weight is 237 g/mol. The molecule has 0 aliphatic heterocycles. The van der Waals surface area contributed by atoms with Gasteiger partial charge < -0.3 is 14.7 Å². The minimum absolute atomic E-state index is 0.272. The summed E-state index contributed by atoms with van der Waals surface area (Å²) in [6.07, 6.45) is 2.22. The van der Waals surface area contributed by atoms with Crippen molar-refractivity contribution in [3.8, 4) is 5.75 Å². The van der Waals surface area contributed by atoms with Crippen LogP contribution < -0.4 is 4.74 Å². The Hall–Kier alpha value is -1.55. The van der Waals surface area contributed by atoms with E-state index in [1.54, 1.807) is 7.11 Å². The van der Waals surface area contributed by atoms with Gasteiger partial charge in [-0.15, -0.1) is 0 Å². The molecule has 17 heavy (non-hydrogen) atoms. The van der Waals surface area contributed by atoms with Gasteiger partial charge in [-0.3, -0.25) is 0 Å². The smallest absolute Gasteiger partial charge is 0.127 e. The van der Waals surface area contributed by atoms with Crippen molar-refractivity contribution in [2.45, 2.75) is 20.3 Å². The van der Waals surface area contributed by atoms with Crippen molar-refractivity contribution >= 4 is 6.21 Å². The number of ether oxygens (including phenoxy) is 2. The highest BCUT2D eigenvalue weighted by molar-refractivity contribution is 5.58. The molecule has 94 valence electrons. The molecule has 0 radical (unpaired) electrons. The molecule has 0 fully saturated rings. The average Bonchev–Trinajstić information content (AvgIpc) is 2.31. The van der Waals surface area contributed by atoms with Crippen LogP contribution in [-0.4, -0.2) is 31.7 Å². The lowest BCUT2D eigenvalue weighted by Gasteiger charge is -2.12. The Morgan fingerprint density at radius 3 is 2.71 bits per heavy atom. The lowest BCUT2D eigenvalue weighted by molar-refractivity contribution is 0.202. The van der Waals surface area contributed by atoms with Gasteiger partial charge in [0.25, 0.3) is 0 Å². The highest BCUT2D eigenvalue weighted by atomic mass is 16.5. The van der Waals surface area contributed by atoms with E-state index >= 15 is 0 Å². The summed E-state index contributed by atoms with van der Waals surface area (Å²) in [5, 5.41) is 11.2. The van der Waals surface area contributed by atoms with Gasteiger partial charge in [0.2, 0.25) is 0 Å². The number of benzene rings is 1. The third-order valence-electron chi connectivity index (χ3n) is 2.60. The Labute approximate surface area is 102 Å². The minimum Gasteiger partial charge on any atom is -0.488 e. The first-order valence-corrected chi connectivity index (χ1v) is 5.56. The number of oxime groups is 1. The summed E-state index contributed by atoms with van der Waals surface area (Å²) in [7, 11) is 1.70. The first kappa shape index (κ1) is 13.5. The van der Waals surface area contributed by atoms with Crippen LogP contribution in [-0.2, 0) is 11.2 Å². The summed E-state index contributed by atoms with van der Waals surface area (Å²) < 4.78 is 10.6. The molecule has 0 heterocycles. The van der Waals surface area contributed by atoms with Crippen LogP contribution >= 0.6 is 0 Å². The fourth-order valence-electron chi connectivity index (χ4n) is 1.65. The zero-order chi connectivity index (χ0) is 12.7. The van der Waals surface area contributed by atoms with Crippen LogP contribution in [0.25, 0.3) is 0 Å². The third kappa shape index (κ3) is 4.07. The predicted molar refractivity (Wildman–Crippen MR) is 67.3 cm³/mol. The maximum Gasteiger partial charge on any atom is 0.127 e. The fraction of sp³-hybridized carbons (Fsp3) is 0.462. The molecule has 1 N–H and O–H groups in total. The van der Waals surface area contributed by atoms with Crippen LogP contribution in [0.5, 0.6) is 5.75 Å². The molecule has 0 saturated carbocycles. The molecule has 0 unspecified atom stereocenters. The first-order chi connectivity index (χ1) is 8.19. The first-order valence-electron chi connectivity index (χ1n) is 5.56. The van der Waals surface area contributed by atoms with Gasteiger partial charge in [-0.2, -0.15) is 0 Å². The zero-order valence-electron chi connectivity index (χ0n) is 10.6. The normalized spacial score (nSPS) is 11.0. The van der Waals surface area contributed by atoms with Gasteiger partial charge in [0, 0.05) is 7.11 Å². The van der Waals surface area contributed by atoms with Crippen LogP contribution in [0.1, 0.15) is 16.7 Å². The van der Waals surface area contributed by atoms with E-state index in [4.69, 9.17) is 14.7 Å². The topological polar surface area (TPSA) is 51.0 Å². The van der Waals surface area contributed by atoms with Crippen molar-refractivity contribution < 1.29 is 14.7 Å². The van der Waals surface area contributed by atoms with E-state index in [2.05, 4.69) is 18.1 Å². The monoisotopic (exact) mass is 237 g/mol. The SMILES string of the molecule is COCCc1cc(C)c(OC/C=N\O)cc1C. The Morgan fingerprint density at radius 1 is 1.29 bits per heavy atom. The third-order valence-corrected chi connectivity index (χ3v) is 2.60. The zero-order valence-corrected chi connectivity index (χ0v) is 10.6. The predicted octanol–water partition coefficient (Wildman–Crippen LogP) is 2.33. The van der Waals surface area contributed by atoms with Crippen molar-refractivity contribution in [3.63, 3.8) is 0 Å². The van der Waals surface area contributed by atoms with Crippen LogP contribution in [0.15, 0.2) is 17.3 Å². The molecule has 0 bridgehead atoms. The van der Waals surface area contributed by atoms with Crippen LogP contribution in [0.2, 0.25) is 0 Å². The van der Waals surface area contributed by atoms with Crippen LogP contribution in [0.3, 0.4) is 0 Å². The number of methoxy groups -OCH3 is 1. The largest absolute Gasteiger partial charge is 0.488 e. The standard InChI is InChI=1S/C13H19NO3/c1-10-9-13(17-7-5-14-15)11(2)8-12(10)4-6-16-3/h5,8-9,15H,4,6-7H2,1-3H3/b14-5-. The van der Waals surface area contributed by atoms with E-state index in [1.165, 1.54) is 17.3 Å². The summed E-state index contributed by atoms with van der Waals surface area (Å²) in [6, 6.07) is 4.12. The molecule has 0 spiro atoms. The lowest BCUT2D eigenvalue weighted by atomic mass is 10.0. The molecule has 0 atom stereocenters. The summed E-state index contributed by atoms with van der Waals surface area (Å²) >= 11 is 0. The maximum absolute atomic E-state index is 8.28. The molecule has 0 saturated heterocycles. The number of rotatable bonds is 6. The van der Waals surface area contributed by atoms with Gasteiger partial charge in [-0.25, -0.2) is 0 Å². The Bertz CT molecular complexity index is 388. The molecular weight excluding hydrogens is 218 g/mol. The molecule has 1 aromatic carbocycles. The minimum atomic E-state index is 0.272. The van der Waals surface area contributed by atoms with Gasteiger partial charge in [-0.1, -0.05) is 11.2 Å². The number of nitrogens with zero attached hydrogens (tertiary/aromatic N) is 1. The van der Waals surface area contributed by atoms with Gasteiger partial charge in [0.15, 0.2) is 0 Å². The van der Waals surface area contributed by atoms with E-state index in [-0.39, 0.29) is 6.61 Å². The van der Waals surface area contributed by atoms with Crippen molar-refractivity contribution in [1.82, 2.24) is 0 Å². The fourth-order valence-corrected chi connectivity index (χ4v) is 1.65. The van der Waals surface area contributed by atoms with Crippen molar-refractivity contribution in [1.29, 1.82) is 0 Å². The second-order valence-electron chi connectivity index (χ2n) is 3.90. The molecule has 0 aromatic heterocycles. The molecule has 1 rings (SSSR count). The number of hydrogen-bond donors (Lipinski definition) is 1.